The van der Waals surface area contributed by atoms with Gasteiger partial charge in [0.05, 0.1) is 29.1 Å². The van der Waals surface area contributed by atoms with Gasteiger partial charge in [0.2, 0.25) is 0 Å². The van der Waals surface area contributed by atoms with E-state index in [1.165, 1.54) is 0 Å². The van der Waals surface area contributed by atoms with Crippen molar-refractivity contribution < 1.29 is 23.9 Å². The van der Waals surface area contributed by atoms with Crippen LogP contribution in [-0.4, -0.2) is 97.0 Å². The van der Waals surface area contributed by atoms with Crippen molar-refractivity contribution in [2.75, 3.05) is 59.6 Å². The van der Waals surface area contributed by atoms with E-state index in [-0.39, 0.29) is 29.8 Å². The largest absolute Gasteiger partial charge is 0.462 e. The van der Waals surface area contributed by atoms with Gasteiger partial charge in [0.1, 0.15) is 0 Å². The van der Waals surface area contributed by atoms with Crippen molar-refractivity contribution >= 4 is 17.8 Å². The molecule has 1 aromatic carbocycles. The third kappa shape index (κ3) is 6.07. The highest BCUT2D eigenvalue weighted by Gasteiger charge is 2.39. The second-order valence-electron chi connectivity index (χ2n) is 11.7. The number of benzene rings is 1. The number of piperazine rings is 1. The molecule has 0 saturated carbocycles. The summed E-state index contributed by atoms with van der Waals surface area (Å²) in [6, 6.07) is 6.71. The van der Waals surface area contributed by atoms with Crippen molar-refractivity contribution in [3.63, 3.8) is 0 Å². The number of carbonyl (C=O) groups excluding carboxylic acids is 3. The van der Waals surface area contributed by atoms with Crippen LogP contribution in [0.4, 0.5) is 0 Å². The molecule has 216 valence electrons. The molecular formula is C30H41N5O5. The number of aryl methyl sites for hydroxylation is 1. The van der Waals surface area contributed by atoms with E-state index in [0.29, 0.717) is 62.5 Å². The molecule has 40 heavy (non-hydrogen) atoms. The predicted octanol–water partition coefficient (Wildman–Crippen LogP) is 2.41. The summed E-state index contributed by atoms with van der Waals surface area (Å²) in [7, 11) is 2.05. The Labute approximate surface area is 236 Å². The third-order valence-electron chi connectivity index (χ3n) is 8.55. The Morgan fingerprint density at radius 2 is 1.77 bits per heavy atom. The summed E-state index contributed by atoms with van der Waals surface area (Å²) in [6.45, 7) is 10.0. The normalized spacial score (nSPS) is 20.0. The zero-order chi connectivity index (χ0) is 28.3. The third-order valence-corrected chi connectivity index (χ3v) is 8.55. The molecule has 0 aliphatic carbocycles. The summed E-state index contributed by atoms with van der Waals surface area (Å²) in [5, 5.41) is 7.97. The molecule has 0 radical (unpaired) electrons. The lowest BCUT2D eigenvalue weighted by molar-refractivity contribution is 0.0151. The highest BCUT2D eigenvalue weighted by Crippen LogP contribution is 2.37. The average Bonchev–Trinajstić information content (AvgIpc) is 3.24. The molecule has 2 aromatic rings. The van der Waals surface area contributed by atoms with Crippen molar-refractivity contribution in [1.82, 2.24) is 24.9 Å². The number of rotatable bonds is 7. The molecule has 1 N–H and O–H groups in total. The van der Waals surface area contributed by atoms with Gasteiger partial charge in [0, 0.05) is 64.0 Å². The van der Waals surface area contributed by atoms with Crippen LogP contribution in [0, 0.1) is 11.3 Å². The maximum Gasteiger partial charge on any atom is 0.338 e. The summed E-state index contributed by atoms with van der Waals surface area (Å²) in [4.78, 5) is 42.7. The first-order chi connectivity index (χ1) is 19.3. The lowest BCUT2D eigenvalue weighted by Crippen LogP contribution is -2.47. The molecule has 4 heterocycles. The molecule has 1 unspecified atom stereocenters. The number of nitrogens with one attached hydrogen (secondary N) is 1. The molecular weight excluding hydrogens is 510 g/mol. The molecule has 0 bridgehead atoms. The van der Waals surface area contributed by atoms with E-state index in [1.54, 1.807) is 24.3 Å². The number of esters is 1. The molecule has 3 aliphatic rings. The fourth-order valence-electron chi connectivity index (χ4n) is 5.91. The maximum atomic E-state index is 13.1. The number of hydrogen-bond donors (Lipinski definition) is 1. The highest BCUT2D eigenvalue weighted by molar-refractivity contribution is 5.97. The number of ether oxygens (including phenoxy) is 2. The van der Waals surface area contributed by atoms with Gasteiger partial charge in [-0.05, 0) is 62.4 Å². The molecule has 1 spiro atoms. The molecule has 1 aromatic heterocycles. The molecule has 2 fully saturated rings. The zero-order valence-corrected chi connectivity index (χ0v) is 23.9. The Balaban J connectivity index is 1.21. The topological polar surface area (TPSA) is 106 Å². The van der Waals surface area contributed by atoms with Crippen LogP contribution in [0.2, 0.25) is 0 Å². The van der Waals surface area contributed by atoms with Crippen LogP contribution >= 0.6 is 0 Å². The molecule has 2 saturated heterocycles. The van der Waals surface area contributed by atoms with E-state index < -0.39 is 5.97 Å². The predicted molar refractivity (Wildman–Crippen MR) is 149 cm³/mol. The monoisotopic (exact) mass is 551 g/mol. The van der Waals surface area contributed by atoms with Gasteiger partial charge in [0.15, 0.2) is 0 Å². The second kappa shape index (κ2) is 12.1. The number of amides is 2. The van der Waals surface area contributed by atoms with Crippen molar-refractivity contribution in [3.05, 3.63) is 52.3 Å². The van der Waals surface area contributed by atoms with Gasteiger partial charge in [0.25, 0.3) is 11.8 Å². The Bertz CT molecular complexity index is 1230. The van der Waals surface area contributed by atoms with Crippen LogP contribution in [0.1, 0.15) is 69.2 Å². The van der Waals surface area contributed by atoms with E-state index in [4.69, 9.17) is 14.6 Å². The minimum absolute atomic E-state index is 0.00677. The van der Waals surface area contributed by atoms with E-state index in [2.05, 4.69) is 17.3 Å². The smallest absolute Gasteiger partial charge is 0.338 e. The lowest BCUT2D eigenvalue weighted by Gasteiger charge is -2.36. The minimum atomic E-state index is -0.417. The first-order valence-corrected chi connectivity index (χ1v) is 14.5. The number of carbonyl (C=O) groups is 3. The van der Waals surface area contributed by atoms with Crippen molar-refractivity contribution in [2.24, 2.45) is 11.3 Å². The number of fused-ring (bicyclic) bond motifs is 1. The fraction of sp³-hybridized carbons (Fsp3) is 0.600. The Morgan fingerprint density at radius 3 is 2.45 bits per heavy atom. The van der Waals surface area contributed by atoms with E-state index in [0.717, 1.165) is 43.7 Å². The molecule has 10 nitrogen and oxygen atoms in total. The first kappa shape index (κ1) is 28.3. The standard InChI is InChI=1S/C30H41N5O5/c1-4-24-26-25(17-30(20-31-27(26)36)9-15-39-16-10-30)35(32-24)18-21(2)19-40-29(38)23-7-5-22(6-8-23)28(37)34-13-11-33(3)12-14-34/h5-8,21H,4,9-20H2,1-3H3,(H,31,36). The fourth-order valence-corrected chi connectivity index (χ4v) is 5.91. The lowest BCUT2D eigenvalue weighted by atomic mass is 9.76. The maximum absolute atomic E-state index is 13.1. The number of hydrogen-bond acceptors (Lipinski definition) is 7. The summed E-state index contributed by atoms with van der Waals surface area (Å²) in [5.74, 6) is -0.482. The summed E-state index contributed by atoms with van der Waals surface area (Å²) in [6.07, 6.45) is 3.28. The molecule has 10 heteroatoms. The Kier molecular flexibility index (Phi) is 8.56. The van der Waals surface area contributed by atoms with E-state index >= 15 is 0 Å². The van der Waals surface area contributed by atoms with E-state index in [1.807, 2.05) is 23.4 Å². The van der Waals surface area contributed by atoms with Gasteiger partial charge in [-0.1, -0.05) is 13.8 Å². The highest BCUT2D eigenvalue weighted by atomic mass is 16.5. The van der Waals surface area contributed by atoms with Gasteiger partial charge >= 0.3 is 5.97 Å². The van der Waals surface area contributed by atoms with Crippen LogP contribution in [0.15, 0.2) is 24.3 Å². The first-order valence-electron chi connectivity index (χ1n) is 14.5. The van der Waals surface area contributed by atoms with Gasteiger partial charge in [-0.2, -0.15) is 5.10 Å². The number of nitrogens with zero attached hydrogens (tertiary/aromatic N) is 4. The van der Waals surface area contributed by atoms with Crippen molar-refractivity contribution in [1.29, 1.82) is 0 Å². The van der Waals surface area contributed by atoms with Crippen LogP contribution < -0.4 is 5.32 Å². The quantitative estimate of drug-likeness (QED) is 0.527. The summed E-state index contributed by atoms with van der Waals surface area (Å²) < 4.78 is 13.2. The van der Waals surface area contributed by atoms with Crippen LogP contribution in [0.25, 0.3) is 0 Å². The minimum Gasteiger partial charge on any atom is -0.462 e. The van der Waals surface area contributed by atoms with Crippen molar-refractivity contribution in [3.8, 4) is 0 Å². The molecule has 2 amide bonds. The van der Waals surface area contributed by atoms with Gasteiger partial charge in [-0.3, -0.25) is 14.3 Å². The SMILES string of the molecule is CCc1nn(CC(C)COC(=O)c2ccc(C(=O)N3CCN(C)CC3)cc2)c2c1C(=O)NCC1(CCOCC1)C2. The number of aromatic nitrogens is 2. The molecule has 1 atom stereocenters. The zero-order valence-electron chi connectivity index (χ0n) is 23.9. The van der Waals surface area contributed by atoms with Crippen LogP contribution in [0.5, 0.6) is 0 Å². The van der Waals surface area contributed by atoms with Crippen LogP contribution in [-0.2, 0) is 28.9 Å². The van der Waals surface area contributed by atoms with Gasteiger partial charge < -0.3 is 24.6 Å². The van der Waals surface area contributed by atoms with Gasteiger partial charge in [-0.25, -0.2) is 4.79 Å². The number of likely N-dealkylation sites (N-methyl/N-ethyl adjacent to an activating group) is 1. The second-order valence-corrected chi connectivity index (χ2v) is 11.7. The van der Waals surface area contributed by atoms with E-state index in [9.17, 15) is 14.4 Å². The van der Waals surface area contributed by atoms with Gasteiger partial charge in [-0.15, -0.1) is 0 Å². The average molecular weight is 552 g/mol. The van der Waals surface area contributed by atoms with Crippen molar-refractivity contribution in [2.45, 2.75) is 46.1 Å². The molecule has 5 rings (SSSR count). The Morgan fingerprint density at radius 1 is 1.10 bits per heavy atom. The summed E-state index contributed by atoms with van der Waals surface area (Å²) in [5.41, 5.74) is 3.48. The Hall–Kier alpha value is -3.24. The summed E-state index contributed by atoms with van der Waals surface area (Å²) >= 11 is 0. The van der Waals surface area contributed by atoms with Crippen LogP contribution in [0.3, 0.4) is 0 Å². The molecule has 3 aliphatic heterocycles.